The van der Waals surface area contributed by atoms with Crippen molar-refractivity contribution in [2.45, 2.75) is 32.9 Å². The second-order valence-corrected chi connectivity index (χ2v) is 9.22. The van der Waals surface area contributed by atoms with Crippen molar-refractivity contribution in [1.29, 1.82) is 0 Å². The summed E-state index contributed by atoms with van der Waals surface area (Å²) < 4.78 is 19.1. The van der Waals surface area contributed by atoms with Gasteiger partial charge in [0.25, 0.3) is 17.8 Å². The highest BCUT2D eigenvalue weighted by Gasteiger charge is 2.31. The van der Waals surface area contributed by atoms with E-state index in [0.717, 1.165) is 24.6 Å². The summed E-state index contributed by atoms with van der Waals surface area (Å²) in [6.45, 7) is 6.15. The van der Waals surface area contributed by atoms with Crippen molar-refractivity contribution < 1.29 is 33.7 Å². The summed E-state index contributed by atoms with van der Waals surface area (Å²) in [5, 5.41) is 20.8. The fourth-order valence-electron chi connectivity index (χ4n) is 4.82. The predicted octanol–water partition coefficient (Wildman–Crippen LogP) is 2.08. The molecular formula is C26H31FN4O6. The van der Waals surface area contributed by atoms with E-state index in [0.29, 0.717) is 67.4 Å². The zero-order valence-electron chi connectivity index (χ0n) is 20.8. The third kappa shape index (κ3) is 5.90. The minimum atomic E-state index is -0.833. The molecule has 11 heteroatoms. The lowest BCUT2D eigenvalue weighted by molar-refractivity contribution is -0.134. The number of aliphatic hydroxyl groups is 1. The van der Waals surface area contributed by atoms with Gasteiger partial charge in [-0.2, -0.15) is 0 Å². The fraction of sp³-hybridized carbons (Fsp3) is 0.423. The first kappa shape index (κ1) is 26.5. The molecule has 3 aliphatic heterocycles. The number of nitrogens with one attached hydrogen (secondary N) is 2. The molecule has 0 aliphatic carbocycles. The highest BCUT2D eigenvalue weighted by atomic mass is 19.1. The van der Waals surface area contributed by atoms with E-state index in [1.807, 2.05) is 11.8 Å². The number of rotatable bonds is 4. The number of halogens is 1. The molecule has 4 heterocycles. The summed E-state index contributed by atoms with van der Waals surface area (Å²) in [6, 6.07) is 4.19. The van der Waals surface area contributed by atoms with Crippen molar-refractivity contribution >= 4 is 35.1 Å². The van der Waals surface area contributed by atoms with Crippen molar-refractivity contribution in [1.82, 2.24) is 14.8 Å². The number of aliphatic hydroxyl groups excluding tert-OH is 1. The minimum Gasteiger partial charge on any atom is -0.481 e. The van der Waals surface area contributed by atoms with Gasteiger partial charge in [0.15, 0.2) is 0 Å². The largest absolute Gasteiger partial charge is 0.481 e. The zero-order chi connectivity index (χ0) is 26.7. The van der Waals surface area contributed by atoms with Crippen molar-refractivity contribution in [3.63, 3.8) is 0 Å². The molecule has 2 aromatic rings. The number of hydrogen-bond acceptors (Lipinski definition) is 6. The normalized spacial score (nSPS) is 19.5. The highest BCUT2D eigenvalue weighted by molar-refractivity contribution is 6.34. The molecule has 0 bridgehead atoms. The molecule has 1 fully saturated rings. The summed E-state index contributed by atoms with van der Waals surface area (Å²) >= 11 is 0. The number of fused-ring (bicyclic) bond motifs is 2. The van der Waals surface area contributed by atoms with Gasteiger partial charge in [-0.1, -0.05) is 0 Å². The minimum absolute atomic E-state index is 0.129. The van der Waals surface area contributed by atoms with E-state index in [-0.39, 0.29) is 18.4 Å². The molecule has 5 rings (SSSR count). The maximum atomic E-state index is 13.8. The van der Waals surface area contributed by atoms with Gasteiger partial charge in [-0.15, -0.1) is 0 Å². The predicted molar refractivity (Wildman–Crippen MR) is 134 cm³/mol. The number of carbonyl (C=O) groups excluding carboxylic acids is 2. The molecule has 4 N–H and O–H groups in total. The standard InChI is InChI=1S/C24H27FN4O4.C2H4O2/c1-14-20(12-17-16-11-15(25)4-5-18(16)27-23(17)31)26-19-3-2-6-29(24(32)22(14)19)13-21(30)28-7-9-33-10-8-28;1-2(3)4/h4-5,11-12,21,26,30H,2-3,6-10,13H2,1H3,(H,27,31);1H3,(H,3,4)/b17-12-;/t21-;/m0./s1. The van der Waals surface area contributed by atoms with Gasteiger partial charge in [-0.3, -0.25) is 19.3 Å². The van der Waals surface area contributed by atoms with Gasteiger partial charge in [-0.05, 0) is 49.6 Å². The Kier molecular flexibility index (Phi) is 8.06. The number of aryl methyl sites for hydroxylation is 1. The van der Waals surface area contributed by atoms with Crippen LogP contribution in [0.25, 0.3) is 11.6 Å². The van der Waals surface area contributed by atoms with E-state index < -0.39 is 18.0 Å². The Balaban J connectivity index is 0.000000747. The Morgan fingerprint density at radius 3 is 2.65 bits per heavy atom. The number of carboxylic acid groups (broad SMARTS) is 1. The second-order valence-electron chi connectivity index (χ2n) is 9.22. The first-order valence-corrected chi connectivity index (χ1v) is 12.2. The average molecular weight is 515 g/mol. The first-order chi connectivity index (χ1) is 17.7. The maximum absolute atomic E-state index is 13.8. The molecular weight excluding hydrogens is 483 g/mol. The van der Waals surface area contributed by atoms with Crippen LogP contribution in [0.15, 0.2) is 18.2 Å². The van der Waals surface area contributed by atoms with Gasteiger partial charge in [-0.25, -0.2) is 4.39 Å². The number of β-amino-alcohol motifs (C(OH)–C–C–N with tert-alkyl or cyclic N) is 1. The third-order valence-electron chi connectivity index (χ3n) is 6.63. The van der Waals surface area contributed by atoms with E-state index in [2.05, 4.69) is 10.3 Å². The van der Waals surface area contributed by atoms with E-state index in [1.54, 1.807) is 17.0 Å². The van der Waals surface area contributed by atoms with Gasteiger partial charge in [0.1, 0.15) is 12.0 Å². The van der Waals surface area contributed by atoms with Crippen LogP contribution in [0.5, 0.6) is 0 Å². The lowest BCUT2D eigenvalue weighted by atomic mass is 10.0. The van der Waals surface area contributed by atoms with Crippen molar-refractivity contribution in [3.05, 3.63) is 52.1 Å². The number of benzene rings is 1. The van der Waals surface area contributed by atoms with Crippen LogP contribution < -0.4 is 5.32 Å². The molecule has 1 aromatic heterocycles. The fourth-order valence-corrected chi connectivity index (χ4v) is 4.82. The number of amides is 2. The van der Waals surface area contributed by atoms with Gasteiger partial charge in [0.05, 0.1) is 30.9 Å². The molecule has 2 amide bonds. The lowest BCUT2D eigenvalue weighted by Crippen LogP contribution is -2.50. The number of hydrogen-bond donors (Lipinski definition) is 4. The summed E-state index contributed by atoms with van der Waals surface area (Å²) in [6.07, 6.45) is 2.39. The number of carbonyl (C=O) groups is 3. The molecule has 0 unspecified atom stereocenters. The Morgan fingerprint density at radius 2 is 1.95 bits per heavy atom. The van der Waals surface area contributed by atoms with Crippen LogP contribution >= 0.6 is 0 Å². The lowest BCUT2D eigenvalue weighted by Gasteiger charge is -2.34. The molecule has 0 radical (unpaired) electrons. The molecule has 0 saturated carbocycles. The van der Waals surface area contributed by atoms with Crippen LogP contribution in [0, 0.1) is 12.7 Å². The number of aliphatic carboxylic acids is 1. The summed E-state index contributed by atoms with van der Waals surface area (Å²) in [5.74, 6) is -1.68. The third-order valence-corrected chi connectivity index (χ3v) is 6.63. The molecule has 0 spiro atoms. The number of H-pyrrole nitrogens is 1. The SMILES string of the molecule is CC(=O)O.Cc1c(/C=C2\C(=O)Nc3ccc(F)cc32)[nH]c2c1C(=O)N(C[C@H](O)N1CCOCC1)CCC2. The first-order valence-electron chi connectivity index (χ1n) is 12.2. The van der Waals surface area contributed by atoms with Crippen LogP contribution in [0.3, 0.4) is 0 Å². The molecule has 1 saturated heterocycles. The number of aromatic amines is 1. The monoisotopic (exact) mass is 514 g/mol. The molecule has 3 aliphatic rings. The Hall–Kier alpha value is -3.54. The van der Waals surface area contributed by atoms with Crippen LogP contribution in [0.1, 0.15) is 46.2 Å². The Morgan fingerprint density at radius 1 is 1.24 bits per heavy atom. The maximum Gasteiger partial charge on any atom is 0.300 e. The summed E-state index contributed by atoms with van der Waals surface area (Å²) in [4.78, 5) is 41.9. The number of ether oxygens (including phenoxy) is 1. The number of anilines is 1. The van der Waals surface area contributed by atoms with Crippen molar-refractivity contribution in [2.75, 3.05) is 44.7 Å². The molecule has 1 aromatic carbocycles. The topological polar surface area (TPSA) is 135 Å². The van der Waals surface area contributed by atoms with Gasteiger partial charge < -0.3 is 30.2 Å². The second kappa shape index (κ2) is 11.2. The number of nitrogens with zero attached hydrogens (tertiary/aromatic N) is 2. The van der Waals surface area contributed by atoms with Crippen molar-refractivity contribution in [3.8, 4) is 0 Å². The zero-order valence-corrected chi connectivity index (χ0v) is 20.8. The number of morpholine rings is 1. The number of aromatic nitrogens is 1. The summed E-state index contributed by atoms with van der Waals surface area (Å²) in [5.41, 5.74) is 4.25. The average Bonchev–Trinajstić information content (AvgIpc) is 3.27. The molecule has 1 atom stereocenters. The van der Waals surface area contributed by atoms with E-state index in [4.69, 9.17) is 14.6 Å². The van der Waals surface area contributed by atoms with Gasteiger partial charge in [0, 0.05) is 49.2 Å². The van der Waals surface area contributed by atoms with Crippen LogP contribution in [0.2, 0.25) is 0 Å². The van der Waals surface area contributed by atoms with E-state index >= 15 is 0 Å². The summed E-state index contributed by atoms with van der Waals surface area (Å²) in [7, 11) is 0. The Labute approximate surface area is 213 Å². The number of carboxylic acids is 1. The molecule has 198 valence electrons. The highest BCUT2D eigenvalue weighted by Crippen LogP contribution is 2.35. The van der Waals surface area contributed by atoms with Gasteiger partial charge >= 0.3 is 0 Å². The smallest absolute Gasteiger partial charge is 0.300 e. The quantitative estimate of drug-likeness (QED) is 0.459. The van der Waals surface area contributed by atoms with Crippen molar-refractivity contribution in [2.24, 2.45) is 0 Å². The van der Waals surface area contributed by atoms with Crippen LogP contribution in [-0.2, 0) is 20.7 Å². The Bertz CT molecular complexity index is 1230. The molecule has 37 heavy (non-hydrogen) atoms. The van der Waals surface area contributed by atoms with Gasteiger partial charge in [0.2, 0.25) is 0 Å². The molecule has 10 nitrogen and oxygen atoms in total. The van der Waals surface area contributed by atoms with E-state index in [9.17, 15) is 19.1 Å². The van der Waals surface area contributed by atoms with Crippen LogP contribution in [0.4, 0.5) is 10.1 Å². The van der Waals surface area contributed by atoms with E-state index in [1.165, 1.54) is 12.1 Å². The van der Waals surface area contributed by atoms with Crippen LogP contribution in [-0.4, -0.2) is 88.4 Å².